The van der Waals surface area contributed by atoms with Crippen LogP contribution in [0.15, 0.2) is 0 Å². The summed E-state index contributed by atoms with van der Waals surface area (Å²) in [7, 11) is 1.44. The number of halogens is 1. The Morgan fingerprint density at radius 1 is 1.15 bits per heavy atom. The fourth-order valence-corrected chi connectivity index (χ4v) is 10.4. The summed E-state index contributed by atoms with van der Waals surface area (Å²) in [5, 5.41) is 0. The highest BCUT2D eigenvalue weighted by Gasteiger charge is 2.66. The van der Waals surface area contributed by atoms with Crippen LogP contribution >= 0.6 is 15.9 Å². The van der Waals surface area contributed by atoms with Gasteiger partial charge >= 0.3 is 11.9 Å². The van der Waals surface area contributed by atoms with Crippen molar-refractivity contribution in [3.63, 3.8) is 0 Å². The molecule has 4 fully saturated rings. The molecule has 7 unspecified atom stereocenters. The van der Waals surface area contributed by atoms with Gasteiger partial charge < -0.3 is 9.47 Å². The van der Waals surface area contributed by atoms with Crippen LogP contribution in [0.5, 0.6) is 0 Å². The van der Waals surface area contributed by atoms with E-state index in [1.54, 1.807) is 0 Å². The maximum Gasteiger partial charge on any atom is 0.305 e. The van der Waals surface area contributed by atoms with E-state index in [9.17, 15) is 14.4 Å². The molecule has 0 spiro atoms. The Labute approximate surface area is 207 Å². The maximum atomic E-state index is 14.1. The van der Waals surface area contributed by atoms with Crippen LogP contribution in [-0.2, 0) is 23.9 Å². The zero-order valence-electron chi connectivity index (χ0n) is 20.9. The number of carbonyl (C=O) groups excluding carboxylic acids is 3. The van der Waals surface area contributed by atoms with E-state index in [0.29, 0.717) is 47.7 Å². The Kier molecular flexibility index (Phi) is 7.08. The molecule has 4 aliphatic carbocycles. The number of hydrogen-bond donors (Lipinski definition) is 0. The summed E-state index contributed by atoms with van der Waals surface area (Å²) in [5.74, 6) is 2.54. The van der Waals surface area contributed by atoms with E-state index < -0.39 is 0 Å². The van der Waals surface area contributed by atoms with Gasteiger partial charge in [-0.3, -0.25) is 14.4 Å². The number of methoxy groups -OCH3 is 1. The molecule has 4 saturated carbocycles. The number of esters is 2. The highest BCUT2D eigenvalue weighted by molar-refractivity contribution is 9.10. The molecule has 0 saturated heterocycles. The van der Waals surface area contributed by atoms with Crippen LogP contribution in [0.25, 0.3) is 0 Å². The Morgan fingerprint density at radius 3 is 2.55 bits per heavy atom. The lowest BCUT2D eigenvalue weighted by atomic mass is 9.44. The van der Waals surface area contributed by atoms with Gasteiger partial charge in [0, 0.05) is 18.8 Å². The molecular weight excluding hydrogens is 484 g/mol. The van der Waals surface area contributed by atoms with Crippen LogP contribution in [0.1, 0.15) is 85.5 Å². The zero-order chi connectivity index (χ0) is 24.1. The third-order valence-electron chi connectivity index (χ3n) is 10.5. The summed E-state index contributed by atoms with van der Waals surface area (Å²) in [6.45, 7) is 8.37. The summed E-state index contributed by atoms with van der Waals surface area (Å²) in [6, 6.07) is 0. The number of Topliss-reactive ketones (excluding diaryl/α,β-unsaturated/α-hetero) is 1. The van der Waals surface area contributed by atoms with Crippen LogP contribution < -0.4 is 0 Å². The fourth-order valence-electron chi connectivity index (χ4n) is 8.92. The average Bonchev–Trinajstić information content (AvgIpc) is 3.13. The number of hydrogen-bond acceptors (Lipinski definition) is 5. The quantitative estimate of drug-likeness (QED) is 0.339. The first kappa shape index (κ1) is 25.2. The highest BCUT2D eigenvalue weighted by atomic mass is 79.9. The summed E-state index contributed by atoms with van der Waals surface area (Å²) in [6.07, 6.45) is 8.62. The Bertz CT molecular complexity index is 797. The summed E-state index contributed by atoms with van der Waals surface area (Å²) < 4.78 is 10.4. The Morgan fingerprint density at radius 2 is 1.88 bits per heavy atom. The van der Waals surface area contributed by atoms with Crippen LogP contribution in [0.3, 0.4) is 0 Å². The van der Waals surface area contributed by atoms with Gasteiger partial charge in [0.15, 0.2) is 5.78 Å². The fraction of sp³-hybridized carbons (Fsp3) is 0.889. The normalized spacial score (nSPS) is 45.4. The number of ketones is 1. The van der Waals surface area contributed by atoms with Gasteiger partial charge in [0.1, 0.15) is 6.10 Å². The molecule has 4 rings (SSSR count). The standard InChI is InChI=1S/C27H41BrO5/c1-15(6-11-22(30)32-5)20-9-10-21-19-8-7-17-14-18(33-16(2)29)12-13-26(17,3)23(19)24(28)25(31)27(20,21)4/h15,17-21,23-24H,6-14H2,1-5H3/t15-,17?,18-,19?,20?,21?,23?,24+,26?,27?/m1/s1. The lowest BCUT2D eigenvalue weighted by molar-refractivity contribution is -0.165. The smallest absolute Gasteiger partial charge is 0.305 e. The molecular formula is C27H41BrO5. The van der Waals surface area contributed by atoms with Crippen molar-refractivity contribution < 1.29 is 23.9 Å². The first-order valence-corrected chi connectivity index (χ1v) is 13.9. The lowest BCUT2D eigenvalue weighted by Gasteiger charge is -2.62. The average molecular weight is 526 g/mol. The summed E-state index contributed by atoms with van der Waals surface area (Å²) >= 11 is 3.96. The van der Waals surface area contributed by atoms with Crippen molar-refractivity contribution >= 4 is 33.7 Å². The van der Waals surface area contributed by atoms with Crippen LogP contribution in [-0.4, -0.2) is 35.8 Å². The number of carbonyl (C=O) groups is 3. The molecule has 4 aliphatic rings. The largest absolute Gasteiger partial charge is 0.469 e. The van der Waals surface area contributed by atoms with Gasteiger partial charge in [0.25, 0.3) is 0 Å². The minimum absolute atomic E-state index is 0.0296. The number of ether oxygens (including phenoxy) is 2. The molecule has 0 bridgehead atoms. The predicted molar refractivity (Wildman–Crippen MR) is 130 cm³/mol. The van der Waals surface area contributed by atoms with Crippen LogP contribution in [0, 0.1) is 46.3 Å². The van der Waals surface area contributed by atoms with E-state index in [2.05, 4.69) is 36.7 Å². The van der Waals surface area contributed by atoms with Crippen LogP contribution in [0.4, 0.5) is 0 Å². The van der Waals surface area contributed by atoms with Crippen molar-refractivity contribution in [2.24, 2.45) is 46.3 Å². The zero-order valence-corrected chi connectivity index (χ0v) is 22.5. The molecule has 0 amide bonds. The molecule has 186 valence electrons. The van der Waals surface area contributed by atoms with Gasteiger partial charge in [0.05, 0.1) is 11.9 Å². The van der Waals surface area contributed by atoms with E-state index in [0.717, 1.165) is 44.9 Å². The van der Waals surface area contributed by atoms with Gasteiger partial charge in [-0.2, -0.15) is 0 Å². The third kappa shape index (κ3) is 4.10. The minimum atomic E-state index is -0.316. The molecule has 0 N–H and O–H groups in total. The van der Waals surface area contributed by atoms with Gasteiger partial charge in [0.2, 0.25) is 0 Å². The molecule has 0 aliphatic heterocycles. The summed E-state index contributed by atoms with van der Waals surface area (Å²) in [4.78, 5) is 37.2. The van der Waals surface area contributed by atoms with Crippen LogP contribution in [0.2, 0.25) is 0 Å². The topological polar surface area (TPSA) is 69.7 Å². The van der Waals surface area contributed by atoms with Crippen molar-refractivity contribution in [1.29, 1.82) is 0 Å². The van der Waals surface area contributed by atoms with Gasteiger partial charge in [-0.05, 0) is 92.3 Å². The van der Waals surface area contributed by atoms with E-state index in [-0.39, 0.29) is 33.7 Å². The second kappa shape index (κ2) is 9.28. The molecule has 0 radical (unpaired) electrons. The van der Waals surface area contributed by atoms with Gasteiger partial charge in [-0.1, -0.05) is 36.7 Å². The minimum Gasteiger partial charge on any atom is -0.469 e. The van der Waals surface area contributed by atoms with E-state index in [1.165, 1.54) is 20.5 Å². The highest BCUT2D eigenvalue weighted by Crippen LogP contribution is 2.68. The Balaban J connectivity index is 1.55. The van der Waals surface area contributed by atoms with Crippen molar-refractivity contribution in [2.45, 2.75) is 96.4 Å². The molecule has 0 heterocycles. The SMILES string of the molecule is COC(=O)CC[C@@H](C)C1CCC2C3CCC4C[C@H](OC(C)=O)CCC4(C)C3[C@H](Br)C(=O)C21C. The maximum absolute atomic E-state index is 14.1. The van der Waals surface area contributed by atoms with Crippen molar-refractivity contribution in [1.82, 2.24) is 0 Å². The Hall–Kier alpha value is -0.910. The number of rotatable bonds is 5. The second-order valence-electron chi connectivity index (χ2n) is 11.9. The van der Waals surface area contributed by atoms with E-state index >= 15 is 0 Å². The number of fused-ring (bicyclic) bond motifs is 5. The molecule has 33 heavy (non-hydrogen) atoms. The molecule has 0 aromatic carbocycles. The van der Waals surface area contributed by atoms with Crippen molar-refractivity contribution in [2.75, 3.05) is 7.11 Å². The number of alkyl halides is 1. The molecule has 0 aromatic rings. The summed E-state index contributed by atoms with van der Waals surface area (Å²) in [5.41, 5.74) is -0.206. The monoisotopic (exact) mass is 524 g/mol. The molecule has 0 aromatic heterocycles. The molecule has 5 nitrogen and oxygen atoms in total. The second-order valence-corrected chi connectivity index (χ2v) is 12.9. The molecule has 10 atom stereocenters. The first-order chi connectivity index (χ1) is 15.5. The lowest BCUT2D eigenvalue weighted by Crippen LogP contribution is -2.62. The predicted octanol–water partition coefficient (Wildman–Crippen LogP) is 5.72. The third-order valence-corrected chi connectivity index (χ3v) is 11.5. The molecule has 6 heteroatoms. The van der Waals surface area contributed by atoms with Gasteiger partial charge in [-0.15, -0.1) is 0 Å². The van der Waals surface area contributed by atoms with Crippen molar-refractivity contribution in [3.05, 3.63) is 0 Å². The van der Waals surface area contributed by atoms with Gasteiger partial charge in [-0.25, -0.2) is 0 Å². The first-order valence-electron chi connectivity index (χ1n) is 13.0. The van der Waals surface area contributed by atoms with E-state index in [1.807, 2.05) is 0 Å². The van der Waals surface area contributed by atoms with E-state index in [4.69, 9.17) is 9.47 Å². The van der Waals surface area contributed by atoms with Crippen molar-refractivity contribution in [3.8, 4) is 0 Å².